The maximum Gasteiger partial charge on any atom is 0.131 e. The molecule has 2 saturated heterocycles. The highest BCUT2D eigenvalue weighted by Crippen LogP contribution is 2.26. The number of nitrogens with zero attached hydrogens (tertiary/aromatic N) is 4. The highest BCUT2D eigenvalue weighted by molar-refractivity contribution is 6.29. The molecule has 2 aromatic rings. The van der Waals surface area contributed by atoms with E-state index < -0.39 is 0 Å². The Morgan fingerprint density at radius 3 is 2.50 bits per heavy atom. The van der Waals surface area contributed by atoms with Crippen LogP contribution >= 0.6 is 11.6 Å². The second-order valence-electron chi connectivity index (χ2n) is 7.00. The highest BCUT2D eigenvalue weighted by atomic mass is 35.5. The quantitative estimate of drug-likeness (QED) is 0.619. The molecule has 2 aromatic heterocycles. The number of pyridine rings is 2. The largest absolute Gasteiger partial charge is 0.393 e. The molecule has 7 heteroatoms. The van der Waals surface area contributed by atoms with E-state index in [1.165, 1.54) is 0 Å². The molecule has 0 unspecified atom stereocenters. The normalized spacial score (nSPS) is 17.9. The Kier molecular flexibility index (Phi) is 5.96. The second-order valence-corrected chi connectivity index (χ2v) is 7.38. The molecule has 28 heavy (non-hydrogen) atoms. The molecule has 2 fully saturated rings. The van der Waals surface area contributed by atoms with Gasteiger partial charge in [-0.2, -0.15) is 0 Å². The average Bonchev–Trinajstić information content (AvgIpc) is 2.74. The topological polar surface area (TPSA) is 61.7 Å². The summed E-state index contributed by atoms with van der Waals surface area (Å²) in [5.41, 5.74) is 2.65. The smallest absolute Gasteiger partial charge is 0.131 e. The minimum Gasteiger partial charge on any atom is -0.393 e. The predicted octanol–water partition coefficient (Wildman–Crippen LogP) is 2.33. The van der Waals surface area contributed by atoms with Gasteiger partial charge in [-0.15, -0.1) is 0 Å². The summed E-state index contributed by atoms with van der Waals surface area (Å²) in [5, 5.41) is 10.2. The first-order valence-electron chi connectivity index (χ1n) is 9.58. The van der Waals surface area contributed by atoms with Crippen LogP contribution in [0.2, 0.25) is 5.15 Å². The van der Waals surface area contributed by atoms with Crippen molar-refractivity contribution in [2.24, 2.45) is 0 Å². The second kappa shape index (κ2) is 8.78. The van der Waals surface area contributed by atoms with Gasteiger partial charge in [0, 0.05) is 50.2 Å². The third-order valence-electron chi connectivity index (χ3n) is 5.08. The predicted molar refractivity (Wildman–Crippen MR) is 110 cm³/mol. The van der Waals surface area contributed by atoms with Gasteiger partial charge in [0.05, 0.1) is 30.6 Å². The molecule has 0 aliphatic carbocycles. The van der Waals surface area contributed by atoms with Gasteiger partial charge in [0.2, 0.25) is 0 Å². The summed E-state index contributed by atoms with van der Waals surface area (Å²) in [5.74, 6) is 7.35. The summed E-state index contributed by atoms with van der Waals surface area (Å²) < 4.78 is 5.38. The molecule has 0 saturated carbocycles. The Labute approximate surface area is 170 Å². The van der Waals surface area contributed by atoms with E-state index in [2.05, 4.69) is 31.6 Å². The maximum atomic E-state index is 9.76. The van der Waals surface area contributed by atoms with Gasteiger partial charge in [0.25, 0.3) is 0 Å². The number of aliphatic hydroxyl groups is 1. The molecule has 6 nitrogen and oxygen atoms in total. The summed E-state index contributed by atoms with van der Waals surface area (Å²) in [4.78, 5) is 13.2. The molecule has 0 aromatic carbocycles. The first kappa shape index (κ1) is 19.0. The van der Waals surface area contributed by atoms with E-state index in [4.69, 9.17) is 16.3 Å². The molecule has 2 aliphatic heterocycles. The van der Waals surface area contributed by atoms with Crippen LogP contribution in [0.4, 0.5) is 11.5 Å². The van der Waals surface area contributed by atoms with Gasteiger partial charge in [0.15, 0.2) is 0 Å². The zero-order valence-corrected chi connectivity index (χ0v) is 16.4. The fraction of sp³-hybridized carbons (Fsp3) is 0.429. The van der Waals surface area contributed by atoms with Gasteiger partial charge in [-0.05, 0) is 25.0 Å². The van der Waals surface area contributed by atoms with Crippen LogP contribution in [0.5, 0.6) is 0 Å². The van der Waals surface area contributed by atoms with Crippen LogP contribution in [0, 0.1) is 11.8 Å². The Morgan fingerprint density at radius 2 is 1.79 bits per heavy atom. The number of aliphatic hydroxyl groups excluding tert-OH is 1. The van der Waals surface area contributed by atoms with Gasteiger partial charge in [-0.25, -0.2) is 9.97 Å². The Bertz CT molecular complexity index is 864. The number of hydrogen-bond donors (Lipinski definition) is 1. The SMILES string of the molecule is OC1CCN(c2cc(Cl)ncc2C#Cc2ccc(N3CCOCC3)nc2)CC1. The summed E-state index contributed by atoms with van der Waals surface area (Å²) in [7, 11) is 0. The van der Waals surface area contributed by atoms with Crippen molar-refractivity contribution in [2.45, 2.75) is 18.9 Å². The molecule has 2 aliphatic rings. The summed E-state index contributed by atoms with van der Waals surface area (Å²) in [6.07, 6.45) is 4.79. The maximum absolute atomic E-state index is 9.76. The number of piperidine rings is 1. The van der Waals surface area contributed by atoms with Crippen LogP contribution in [0.1, 0.15) is 24.0 Å². The van der Waals surface area contributed by atoms with E-state index in [-0.39, 0.29) is 6.10 Å². The molecule has 0 atom stereocenters. The molecule has 4 heterocycles. The van der Waals surface area contributed by atoms with Gasteiger partial charge in [0.1, 0.15) is 11.0 Å². The van der Waals surface area contributed by atoms with Crippen molar-refractivity contribution in [3.63, 3.8) is 0 Å². The van der Waals surface area contributed by atoms with Crippen LogP contribution in [-0.4, -0.2) is 60.6 Å². The minimum absolute atomic E-state index is 0.223. The van der Waals surface area contributed by atoms with Gasteiger partial charge < -0.3 is 19.6 Å². The van der Waals surface area contributed by atoms with E-state index in [9.17, 15) is 5.11 Å². The number of anilines is 2. The molecular formula is C21H23ClN4O2. The first-order valence-corrected chi connectivity index (χ1v) is 9.96. The lowest BCUT2D eigenvalue weighted by Gasteiger charge is -2.32. The van der Waals surface area contributed by atoms with Crippen molar-refractivity contribution in [3.8, 4) is 11.8 Å². The van der Waals surface area contributed by atoms with Crippen LogP contribution in [0.15, 0.2) is 30.6 Å². The summed E-state index contributed by atoms with van der Waals surface area (Å²) in [6.45, 7) is 4.77. The number of aromatic nitrogens is 2. The van der Waals surface area contributed by atoms with Crippen molar-refractivity contribution in [1.29, 1.82) is 0 Å². The van der Waals surface area contributed by atoms with Crippen LogP contribution < -0.4 is 9.80 Å². The Balaban J connectivity index is 1.52. The minimum atomic E-state index is -0.223. The lowest BCUT2D eigenvalue weighted by atomic mass is 10.1. The van der Waals surface area contributed by atoms with Gasteiger partial charge >= 0.3 is 0 Å². The molecule has 1 N–H and O–H groups in total. The lowest BCUT2D eigenvalue weighted by molar-refractivity contribution is 0.122. The third kappa shape index (κ3) is 4.56. The number of halogens is 1. The van der Waals surface area contributed by atoms with Crippen LogP contribution in [-0.2, 0) is 4.74 Å². The van der Waals surface area contributed by atoms with E-state index >= 15 is 0 Å². The molecule has 0 spiro atoms. The zero-order chi connectivity index (χ0) is 19.3. The van der Waals surface area contributed by atoms with Gasteiger partial charge in [-0.1, -0.05) is 23.4 Å². The fourth-order valence-electron chi connectivity index (χ4n) is 3.46. The van der Waals surface area contributed by atoms with Crippen LogP contribution in [0.3, 0.4) is 0 Å². The summed E-state index contributed by atoms with van der Waals surface area (Å²) in [6, 6.07) is 5.84. The molecule has 0 radical (unpaired) electrons. The van der Waals surface area contributed by atoms with Crippen molar-refractivity contribution in [1.82, 2.24) is 9.97 Å². The number of morpholine rings is 1. The highest BCUT2D eigenvalue weighted by Gasteiger charge is 2.19. The van der Waals surface area contributed by atoms with Crippen molar-refractivity contribution in [3.05, 3.63) is 46.9 Å². The average molecular weight is 399 g/mol. The van der Waals surface area contributed by atoms with Crippen LogP contribution in [0.25, 0.3) is 0 Å². The first-order chi connectivity index (χ1) is 13.7. The molecule has 0 bridgehead atoms. The van der Waals surface area contributed by atoms with E-state index in [0.29, 0.717) is 5.15 Å². The third-order valence-corrected chi connectivity index (χ3v) is 5.29. The lowest BCUT2D eigenvalue weighted by Crippen LogP contribution is -2.36. The monoisotopic (exact) mass is 398 g/mol. The fourth-order valence-corrected chi connectivity index (χ4v) is 3.62. The van der Waals surface area contributed by atoms with Crippen molar-refractivity contribution in [2.75, 3.05) is 49.2 Å². The Morgan fingerprint density at radius 1 is 1.00 bits per heavy atom. The summed E-state index contributed by atoms with van der Waals surface area (Å²) >= 11 is 6.11. The molecule has 146 valence electrons. The van der Waals surface area contributed by atoms with E-state index in [1.807, 2.05) is 18.2 Å². The Hall–Kier alpha value is -2.33. The number of rotatable bonds is 2. The van der Waals surface area contributed by atoms with E-state index in [1.54, 1.807) is 12.4 Å². The van der Waals surface area contributed by atoms with E-state index in [0.717, 1.165) is 74.9 Å². The van der Waals surface area contributed by atoms with Crippen molar-refractivity contribution >= 4 is 23.1 Å². The van der Waals surface area contributed by atoms with Crippen molar-refractivity contribution < 1.29 is 9.84 Å². The molecule has 4 rings (SSSR count). The molecular weight excluding hydrogens is 376 g/mol. The number of ether oxygens (including phenoxy) is 1. The number of hydrogen-bond acceptors (Lipinski definition) is 6. The zero-order valence-electron chi connectivity index (χ0n) is 15.6. The van der Waals surface area contributed by atoms with Gasteiger partial charge in [-0.3, -0.25) is 0 Å². The standard InChI is InChI=1S/C21H23ClN4O2/c22-20-13-19(25-7-5-18(27)6-8-25)17(15-23-20)3-1-16-2-4-21(24-14-16)26-9-11-28-12-10-26/h2,4,13-15,18,27H,5-12H2. The molecule has 0 amide bonds.